The van der Waals surface area contributed by atoms with Crippen LogP contribution in [-0.2, 0) is 11.2 Å². The van der Waals surface area contributed by atoms with Crippen molar-refractivity contribution in [1.29, 1.82) is 0 Å². The zero-order valence-electron chi connectivity index (χ0n) is 9.94. The van der Waals surface area contributed by atoms with Gasteiger partial charge in [-0.05, 0) is 31.2 Å². The van der Waals surface area contributed by atoms with Gasteiger partial charge in [-0.25, -0.2) is 4.39 Å². The molecule has 4 nitrogen and oxygen atoms in total. The smallest absolute Gasteiger partial charge is 0.317 e. The van der Waals surface area contributed by atoms with Crippen LogP contribution in [0.1, 0.15) is 5.56 Å². The molecule has 0 heterocycles. The predicted molar refractivity (Wildman–Crippen MR) is 61.8 cm³/mol. The third-order valence-corrected chi connectivity index (χ3v) is 2.40. The highest BCUT2D eigenvalue weighted by Crippen LogP contribution is 2.17. The fourth-order valence-corrected chi connectivity index (χ4v) is 1.50. The Morgan fingerprint density at radius 2 is 2.24 bits per heavy atom. The Kier molecular flexibility index (Phi) is 4.90. The minimum Gasteiger partial charge on any atom is -0.494 e. The molecular formula is C12H16FNO3. The molecule has 1 rings (SSSR count). The first-order chi connectivity index (χ1) is 8.02. The Morgan fingerprint density at radius 3 is 2.76 bits per heavy atom. The maximum absolute atomic E-state index is 13.4. The van der Waals surface area contributed by atoms with Gasteiger partial charge in [0.1, 0.15) is 0 Å². The first-order valence-electron chi connectivity index (χ1n) is 5.25. The topological polar surface area (TPSA) is 49.8 Å². The van der Waals surface area contributed by atoms with Gasteiger partial charge in [0.2, 0.25) is 0 Å². The van der Waals surface area contributed by atoms with Crippen molar-refractivity contribution in [3.05, 3.63) is 29.6 Å². The van der Waals surface area contributed by atoms with Crippen LogP contribution < -0.4 is 4.74 Å². The molecule has 0 radical (unpaired) electrons. The maximum Gasteiger partial charge on any atom is 0.317 e. The first kappa shape index (κ1) is 13.4. The van der Waals surface area contributed by atoms with Crippen LogP contribution in [0.5, 0.6) is 5.75 Å². The molecular weight excluding hydrogens is 225 g/mol. The molecule has 1 N–H and O–H groups in total. The fraction of sp³-hybridized carbons (Fsp3) is 0.417. The zero-order chi connectivity index (χ0) is 12.8. The van der Waals surface area contributed by atoms with Crippen LogP contribution in [0.25, 0.3) is 0 Å². The third kappa shape index (κ3) is 4.40. The van der Waals surface area contributed by atoms with E-state index in [4.69, 9.17) is 9.84 Å². The van der Waals surface area contributed by atoms with Crippen molar-refractivity contribution in [2.24, 2.45) is 0 Å². The van der Waals surface area contributed by atoms with Crippen molar-refractivity contribution in [1.82, 2.24) is 4.90 Å². The summed E-state index contributed by atoms with van der Waals surface area (Å²) in [5.41, 5.74) is 0.820. The van der Waals surface area contributed by atoms with Gasteiger partial charge in [0.15, 0.2) is 11.6 Å². The van der Waals surface area contributed by atoms with Crippen LogP contribution in [0.15, 0.2) is 18.2 Å². The normalized spacial score (nSPS) is 10.6. The molecule has 0 unspecified atom stereocenters. The average molecular weight is 241 g/mol. The lowest BCUT2D eigenvalue weighted by molar-refractivity contribution is -0.137. The molecule has 94 valence electrons. The summed E-state index contributed by atoms with van der Waals surface area (Å²) in [5.74, 6) is -1.05. The van der Waals surface area contributed by atoms with Crippen LogP contribution in [0, 0.1) is 5.82 Å². The highest BCUT2D eigenvalue weighted by molar-refractivity contribution is 5.68. The standard InChI is InChI=1S/C12H16FNO3/c1-14(8-12(15)16)6-5-9-3-4-11(17-2)10(13)7-9/h3-4,7H,5-6,8H2,1-2H3,(H,15,16). The van der Waals surface area contributed by atoms with Gasteiger partial charge >= 0.3 is 5.97 Å². The summed E-state index contributed by atoms with van der Waals surface area (Å²) in [6.07, 6.45) is 0.602. The number of ether oxygens (including phenoxy) is 1. The Morgan fingerprint density at radius 1 is 1.53 bits per heavy atom. The number of carboxylic acids is 1. The van der Waals surface area contributed by atoms with Gasteiger partial charge in [-0.2, -0.15) is 0 Å². The largest absolute Gasteiger partial charge is 0.494 e. The number of hydrogen-bond acceptors (Lipinski definition) is 3. The van der Waals surface area contributed by atoms with E-state index in [1.807, 2.05) is 0 Å². The number of benzene rings is 1. The SMILES string of the molecule is COc1ccc(CCN(C)CC(=O)O)cc1F. The van der Waals surface area contributed by atoms with Crippen LogP contribution in [0.2, 0.25) is 0 Å². The molecule has 0 aromatic heterocycles. The van der Waals surface area contributed by atoms with Crippen molar-refractivity contribution in [2.45, 2.75) is 6.42 Å². The molecule has 17 heavy (non-hydrogen) atoms. The van der Waals surface area contributed by atoms with Gasteiger partial charge in [-0.15, -0.1) is 0 Å². The molecule has 1 aromatic carbocycles. The first-order valence-corrected chi connectivity index (χ1v) is 5.25. The summed E-state index contributed by atoms with van der Waals surface area (Å²) in [4.78, 5) is 12.1. The fourth-order valence-electron chi connectivity index (χ4n) is 1.50. The Labute approximate surface area is 99.6 Å². The molecule has 5 heteroatoms. The monoisotopic (exact) mass is 241 g/mol. The van der Waals surface area contributed by atoms with E-state index in [0.29, 0.717) is 13.0 Å². The molecule has 0 bridgehead atoms. The Bertz CT molecular complexity index is 395. The van der Waals surface area contributed by atoms with Crippen molar-refractivity contribution in [3.63, 3.8) is 0 Å². The third-order valence-electron chi connectivity index (χ3n) is 2.40. The number of nitrogens with zero attached hydrogens (tertiary/aromatic N) is 1. The maximum atomic E-state index is 13.4. The van der Waals surface area contributed by atoms with Crippen molar-refractivity contribution < 1.29 is 19.0 Å². The molecule has 0 aliphatic carbocycles. The van der Waals surface area contributed by atoms with E-state index in [1.54, 1.807) is 24.1 Å². The molecule has 0 aliphatic rings. The van der Waals surface area contributed by atoms with Crippen molar-refractivity contribution in [3.8, 4) is 5.75 Å². The lowest BCUT2D eigenvalue weighted by Crippen LogP contribution is -2.27. The van der Waals surface area contributed by atoms with Crippen molar-refractivity contribution in [2.75, 3.05) is 27.2 Å². The van der Waals surface area contributed by atoms with Crippen LogP contribution >= 0.6 is 0 Å². The summed E-state index contributed by atoms with van der Waals surface area (Å²) >= 11 is 0. The Balaban J connectivity index is 2.52. The summed E-state index contributed by atoms with van der Waals surface area (Å²) in [7, 11) is 3.13. The molecule has 0 spiro atoms. The van der Waals surface area contributed by atoms with Gasteiger partial charge in [-0.3, -0.25) is 9.69 Å². The van der Waals surface area contributed by atoms with Gasteiger partial charge in [-0.1, -0.05) is 6.07 Å². The van der Waals surface area contributed by atoms with Gasteiger partial charge < -0.3 is 9.84 Å². The predicted octanol–water partition coefficient (Wildman–Crippen LogP) is 1.39. The summed E-state index contributed by atoms with van der Waals surface area (Å²) < 4.78 is 18.2. The molecule has 0 atom stereocenters. The number of carboxylic acid groups (broad SMARTS) is 1. The number of methoxy groups -OCH3 is 1. The quantitative estimate of drug-likeness (QED) is 0.817. The number of hydrogen-bond donors (Lipinski definition) is 1. The number of likely N-dealkylation sites (N-methyl/N-ethyl adjacent to an activating group) is 1. The van der Waals surface area contributed by atoms with E-state index >= 15 is 0 Å². The number of halogens is 1. The van der Waals surface area contributed by atoms with E-state index in [0.717, 1.165) is 5.56 Å². The second-order valence-corrected chi connectivity index (χ2v) is 3.85. The second kappa shape index (κ2) is 6.20. The summed E-state index contributed by atoms with van der Waals surface area (Å²) in [6, 6.07) is 4.76. The summed E-state index contributed by atoms with van der Waals surface area (Å²) in [5, 5.41) is 8.58. The Hall–Kier alpha value is -1.62. The van der Waals surface area contributed by atoms with Crippen LogP contribution in [0.4, 0.5) is 4.39 Å². The second-order valence-electron chi connectivity index (χ2n) is 3.85. The molecule has 0 amide bonds. The number of aliphatic carboxylic acids is 1. The minimum atomic E-state index is -0.867. The van der Waals surface area contributed by atoms with Crippen LogP contribution in [0.3, 0.4) is 0 Å². The molecule has 0 saturated heterocycles. The molecule has 0 saturated carbocycles. The number of rotatable bonds is 6. The van der Waals surface area contributed by atoms with Gasteiger partial charge in [0.05, 0.1) is 13.7 Å². The average Bonchev–Trinajstić information content (AvgIpc) is 2.25. The zero-order valence-corrected chi connectivity index (χ0v) is 9.94. The lowest BCUT2D eigenvalue weighted by Gasteiger charge is -2.13. The highest BCUT2D eigenvalue weighted by atomic mass is 19.1. The summed E-state index contributed by atoms with van der Waals surface area (Å²) in [6.45, 7) is 0.552. The van der Waals surface area contributed by atoms with Crippen LogP contribution in [-0.4, -0.2) is 43.2 Å². The van der Waals surface area contributed by atoms with Gasteiger partial charge in [0, 0.05) is 6.54 Å². The van der Waals surface area contributed by atoms with E-state index < -0.39 is 11.8 Å². The lowest BCUT2D eigenvalue weighted by atomic mass is 10.1. The molecule has 0 fully saturated rings. The van der Waals surface area contributed by atoms with Crippen molar-refractivity contribution >= 4 is 5.97 Å². The highest BCUT2D eigenvalue weighted by Gasteiger charge is 2.06. The van der Waals surface area contributed by atoms with E-state index in [-0.39, 0.29) is 12.3 Å². The molecule has 1 aromatic rings. The van der Waals surface area contributed by atoms with Gasteiger partial charge in [0.25, 0.3) is 0 Å². The minimum absolute atomic E-state index is 0.0152. The number of carbonyl (C=O) groups is 1. The van der Waals surface area contributed by atoms with E-state index in [1.165, 1.54) is 13.2 Å². The molecule has 0 aliphatic heterocycles. The van der Waals surface area contributed by atoms with E-state index in [2.05, 4.69) is 0 Å². The van der Waals surface area contributed by atoms with E-state index in [9.17, 15) is 9.18 Å².